The first-order valence-corrected chi connectivity index (χ1v) is 9.16. The van der Waals surface area contributed by atoms with Gasteiger partial charge in [0.1, 0.15) is 6.61 Å². The second-order valence-electron chi connectivity index (χ2n) is 6.58. The Hall–Kier alpha value is -2.92. The number of carbonyl (C=O) groups is 1. The molecule has 3 N–H and O–H groups in total. The van der Waals surface area contributed by atoms with Crippen molar-refractivity contribution in [2.45, 2.75) is 24.9 Å². The van der Waals surface area contributed by atoms with Crippen LogP contribution >= 0.6 is 11.6 Å². The molecule has 31 heavy (non-hydrogen) atoms. The van der Waals surface area contributed by atoms with Gasteiger partial charge in [-0.3, -0.25) is 15.2 Å². The summed E-state index contributed by atoms with van der Waals surface area (Å²) < 4.78 is 67.6. The zero-order valence-electron chi connectivity index (χ0n) is 15.7. The summed E-state index contributed by atoms with van der Waals surface area (Å²) in [5.74, 6) is -5.89. The van der Waals surface area contributed by atoms with Crippen LogP contribution < -0.4 is 16.2 Å². The summed E-state index contributed by atoms with van der Waals surface area (Å²) in [6.45, 7) is -2.44. The van der Waals surface area contributed by atoms with Gasteiger partial charge in [0.05, 0.1) is 12.3 Å². The highest BCUT2D eigenvalue weighted by molar-refractivity contribution is 6.38. The van der Waals surface area contributed by atoms with E-state index in [1.54, 1.807) is 36.4 Å². The average Bonchev–Trinajstić information content (AvgIpc) is 3.15. The molecular weight excluding hydrogens is 447 g/mol. The fourth-order valence-electron chi connectivity index (χ4n) is 2.75. The van der Waals surface area contributed by atoms with Crippen molar-refractivity contribution in [3.63, 3.8) is 0 Å². The predicted octanol–water partition coefficient (Wildman–Crippen LogP) is 3.96. The summed E-state index contributed by atoms with van der Waals surface area (Å²) in [6.07, 6.45) is -6.41. The second-order valence-corrected chi connectivity index (χ2v) is 6.99. The molecule has 1 unspecified atom stereocenters. The molecule has 12 heteroatoms. The van der Waals surface area contributed by atoms with Crippen LogP contribution in [0.4, 0.5) is 27.6 Å². The largest absolute Gasteiger partial charge is 0.455 e. The number of hydrogen-bond donors (Lipinski definition) is 2. The number of halogens is 6. The van der Waals surface area contributed by atoms with E-state index < -0.39 is 37.4 Å². The molecule has 2 aromatic carbocycles. The van der Waals surface area contributed by atoms with E-state index in [4.69, 9.17) is 17.3 Å². The third-order valence-electron chi connectivity index (χ3n) is 4.32. The molecule has 6 nitrogen and oxygen atoms in total. The maximum Gasteiger partial charge on any atom is 0.455 e. The smallest absolute Gasteiger partial charge is 0.370 e. The third-order valence-corrected chi connectivity index (χ3v) is 4.69. The zero-order chi connectivity index (χ0) is 22.8. The van der Waals surface area contributed by atoms with Gasteiger partial charge in [0, 0.05) is 5.02 Å². The van der Waals surface area contributed by atoms with Gasteiger partial charge in [-0.1, -0.05) is 41.9 Å². The number of alkyl halides is 5. The van der Waals surface area contributed by atoms with Crippen molar-refractivity contribution in [1.29, 1.82) is 0 Å². The lowest BCUT2D eigenvalue weighted by atomic mass is 10.1. The lowest BCUT2D eigenvalue weighted by Crippen LogP contribution is -2.42. The van der Waals surface area contributed by atoms with Crippen LogP contribution in [0.3, 0.4) is 0 Å². The molecule has 1 aliphatic heterocycles. The number of aliphatic imine (C=N–C) groups is 1. The Morgan fingerprint density at radius 2 is 1.84 bits per heavy atom. The van der Waals surface area contributed by atoms with E-state index in [0.29, 0.717) is 11.3 Å². The molecule has 0 bridgehead atoms. The van der Waals surface area contributed by atoms with Gasteiger partial charge in [-0.2, -0.15) is 22.0 Å². The molecule has 1 amide bonds. The average molecular weight is 463 g/mol. The molecule has 1 atom stereocenters. The van der Waals surface area contributed by atoms with E-state index in [0.717, 1.165) is 0 Å². The minimum absolute atomic E-state index is 0.102. The Labute approximate surface area is 178 Å². The maximum atomic E-state index is 13.1. The first kappa shape index (κ1) is 22.8. The molecule has 0 aliphatic carbocycles. The molecule has 3 rings (SSSR count). The van der Waals surface area contributed by atoms with Crippen LogP contribution in [-0.4, -0.2) is 30.4 Å². The van der Waals surface area contributed by atoms with Crippen LogP contribution in [0.25, 0.3) is 0 Å². The number of rotatable bonds is 7. The zero-order valence-corrected chi connectivity index (χ0v) is 16.4. The summed E-state index contributed by atoms with van der Waals surface area (Å²) >= 11 is 6.04. The molecular formula is C19H16ClF5N4O2. The van der Waals surface area contributed by atoms with Crippen molar-refractivity contribution in [2.75, 3.05) is 11.6 Å². The Bertz CT molecular complexity index is 985. The van der Waals surface area contributed by atoms with Gasteiger partial charge < -0.3 is 10.5 Å². The fraction of sp³-hybridized carbons (Fsp3) is 0.263. The van der Waals surface area contributed by atoms with Gasteiger partial charge in [0.25, 0.3) is 5.91 Å². The number of ether oxygens (including phenoxy) is 1. The van der Waals surface area contributed by atoms with E-state index in [1.165, 1.54) is 17.1 Å². The quantitative estimate of drug-likeness (QED) is 0.610. The summed E-state index contributed by atoms with van der Waals surface area (Å²) in [6, 6.07) is 13.3. The standard InChI is InChI=1S/C19H16ClF5N4O2/c20-14-7-6-13(8-12(14)9-31-10-18(21,22)19(23,24)25)29-17(11-4-2-1-3-5-11)27-16(28-29)15(26)30/h1-8,17H,9-10H2,(H2,26,30)(H,27,28). The first-order valence-electron chi connectivity index (χ1n) is 8.79. The van der Waals surface area contributed by atoms with Gasteiger partial charge in [-0.25, -0.2) is 4.99 Å². The Balaban J connectivity index is 1.82. The second kappa shape index (κ2) is 8.67. The molecule has 0 aromatic heterocycles. The topological polar surface area (TPSA) is 80.0 Å². The van der Waals surface area contributed by atoms with Crippen molar-refractivity contribution in [3.05, 3.63) is 64.7 Å². The summed E-state index contributed by atoms with van der Waals surface area (Å²) in [4.78, 5) is 15.8. The Kier molecular flexibility index (Phi) is 6.37. The molecule has 0 spiro atoms. The molecule has 0 fully saturated rings. The van der Waals surface area contributed by atoms with Gasteiger partial charge in [0.2, 0.25) is 5.84 Å². The SMILES string of the molecule is NC(=O)C1=NC(c2ccccc2)N(c2ccc(Cl)c(COCC(F)(F)C(F)(F)F)c2)N1. The number of anilines is 1. The van der Waals surface area contributed by atoms with Crippen molar-refractivity contribution in [1.82, 2.24) is 5.43 Å². The van der Waals surface area contributed by atoms with Crippen molar-refractivity contribution >= 4 is 29.0 Å². The number of hydrazine groups is 1. The van der Waals surface area contributed by atoms with E-state index in [2.05, 4.69) is 15.2 Å². The van der Waals surface area contributed by atoms with Gasteiger partial charge in [-0.05, 0) is 29.3 Å². The van der Waals surface area contributed by atoms with Crippen LogP contribution in [0, 0.1) is 0 Å². The highest BCUT2D eigenvalue weighted by Crippen LogP contribution is 2.36. The lowest BCUT2D eigenvalue weighted by molar-refractivity contribution is -0.297. The number of primary amides is 1. The highest BCUT2D eigenvalue weighted by Gasteiger charge is 2.57. The number of hydrogen-bond acceptors (Lipinski definition) is 5. The fourth-order valence-corrected chi connectivity index (χ4v) is 2.92. The monoisotopic (exact) mass is 462 g/mol. The van der Waals surface area contributed by atoms with E-state index in [-0.39, 0.29) is 16.4 Å². The van der Waals surface area contributed by atoms with E-state index in [9.17, 15) is 26.7 Å². The molecule has 166 valence electrons. The van der Waals surface area contributed by atoms with E-state index >= 15 is 0 Å². The third kappa shape index (κ3) is 5.05. The van der Waals surface area contributed by atoms with Gasteiger partial charge in [0.15, 0.2) is 6.17 Å². The van der Waals surface area contributed by atoms with Crippen molar-refractivity contribution in [2.24, 2.45) is 10.7 Å². The number of nitrogens with two attached hydrogens (primary N) is 1. The first-order chi connectivity index (χ1) is 14.5. The van der Waals surface area contributed by atoms with Gasteiger partial charge >= 0.3 is 12.1 Å². The minimum Gasteiger partial charge on any atom is -0.370 e. The van der Waals surface area contributed by atoms with Crippen LogP contribution in [-0.2, 0) is 16.1 Å². The van der Waals surface area contributed by atoms with Gasteiger partial charge in [-0.15, -0.1) is 0 Å². The van der Waals surface area contributed by atoms with E-state index in [1.807, 2.05) is 0 Å². The molecule has 0 saturated heterocycles. The normalized spacial score (nSPS) is 16.8. The number of benzene rings is 2. The molecule has 2 aromatic rings. The predicted molar refractivity (Wildman–Crippen MR) is 104 cm³/mol. The number of nitrogens with zero attached hydrogens (tertiary/aromatic N) is 2. The molecule has 1 heterocycles. The number of carbonyl (C=O) groups excluding carboxylic acids is 1. The van der Waals surface area contributed by atoms with Crippen LogP contribution in [0.2, 0.25) is 5.02 Å². The Morgan fingerprint density at radius 3 is 2.45 bits per heavy atom. The van der Waals surface area contributed by atoms with Crippen molar-refractivity contribution < 1.29 is 31.5 Å². The van der Waals surface area contributed by atoms with Crippen molar-refractivity contribution in [3.8, 4) is 0 Å². The Morgan fingerprint density at radius 1 is 1.16 bits per heavy atom. The summed E-state index contributed by atoms with van der Waals surface area (Å²) in [5, 5.41) is 1.59. The lowest BCUT2D eigenvalue weighted by Gasteiger charge is -2.26. The molecule has 0 radical (unpaired) electrons. The summed E-state index contributed by atoms with van der Waals surface area (Å²) in [5.41, 5.74) is 9.35. The minimum atomic E-state index is -5.72. The van der Waals surface area contributed by atoms with Crippen LogP contribution in [0.1, 0.15) is 17.3 Å². The van der Waals surface area contributed by atoms with Crippen LogP contribution in [0.15, 0.2) is 53.5 Å². The highest BCUT2D eigenvalue weighted by atomic mass is 35.5. The van der Waals surface area contributed by atoms with Crippen LogP contribution in [0.5, 0.6) is 0 Å². The number of amides is 1. The maximum absolute atomic E-state index is 13.1. The summed E-state index contributed by atoms with van der Waals surface area (Å²) in [7, 11) is 0. The molecule has 0 saturated carbocycles. The molecule has 1 aliphatic rings. The number of amidine groups is 1. The number of nitrogens with one attached hydrogen (secondary N) is 1.